The molecule has 0 aliphatic heterocycles. The van der Waals surface area contributed by atoms with Gasteiger partial charge in [0.1, 0.15) is 17.5 Å². The van der Waals surface area contributed by atoms with Crippen LogP contribution in [0.25, 0.3) is 0 Å². The molecular weight excluding hydrogens is 264 g/mol. The lowest BCUT2D eigenvalue weighted by Crippen LogP contribution is -2.31. The van der Waals surface area contributed by atoms with Crippen LogP contribution in [0.4, 0.5) is 11.6 Å². The molecule has 0 radical (unpaired) electrons. The van der Waals surface area contributed by atoms with Crippen LogP contribution in [-0.4, -0.2) is 47.6 Å². The number of nitrogens with two attached hydrogens (primary N) is 1. The van der Waals surface area contributed by atoms with E-state index in [0.29, 0.717) is 5.82 Å². The highest BCUT2D eigenvalue weighted by Gasteiger charge is 2.14. The molecule has 0 amide bonds. The van der Waals surface area contributed by atoms with Crippen LogP contribution in [-0.2, 0) is 0 Å². The van der Waals surface area contributed by atoms with E-state index in [2.05, 4.69) is 46.0 Å². The Hall–Kier alpha value is -1.40. The van der Waals surface area contributed by atoms with E-state index in [1.54, 1.807) is 0 Å². The molecule has 0 spiro atoms. The van der Waals surface area contributed by atoms with Gasteiger partial charge in [-0.15, -0.1) is 0 Å². The summed E-state index contributed by atoms with van der Waals surface area (Å²) in [6, 6.07) is 0. The lowest BCUT2D eigenvalue weighted by atomic mass is 10.2. The van der Waals surface area contributed by atoms with Crippen molar-refractivity contribution in [3.8, 4) is 0 Å². The van der Waals surface area contributed by atoms with Crippen molar-refractivity contribution in [1.82, 2.24) is 14.9 Å². The number of hydrazine groups is 1. The lowest BCUT2D eigenvalue weighted by molar-refractivity contribution is 0.300. The van der Waals surface area contributed by atoms with Gasteiger partial charge in [-0.25, -0.2) is 15.8 Å². The number of hydrogen-bond donors (Lipinski definition) is 2. The summed E-state index contributed by atoms with van der Waals surface area (Å²) in [5.74, 6) is 7.97. The molecule has 0 bridgehead atoms. The summed E-state index contributed by atoms with van der Waals surface area (Å²) in [5.41, 5.74) is 3.67. The fourth-order valence-electron chi connectivity index (χ4n) is 2.50. The summed E-state index contributed by atoms with van der Waals surface area (Å²) >= 11 is 0. The van der Waals surface area contributed by atoms with E-state index >= 15 is 0 Å². The van der Waals surface area contributed by atoms with Gasteiger partial charge in [0.15, 0.2) is 0 Å². The largest absolute Gasteiger partial charge is 0.356 e. The zero-order valence-corrected chi connectivity index (χ0v) is 14.1. The fourth-order valence-corrected chi connectivity index (χ4v) is 2.50. The molecule has 0 atom stereocenters. The average molecular weight is 294 g/mol. The highest BCUT2D eigenvalue weighted by Crippen LogP contribution is 2.23. The minimum absolute atomic E-state index is 0.708. The van der Waals surface area contributed by atoms with Crippen LogP contribution in [0.5, 0.6) is 0 Å². The lowest BCUT2D eigenvalue weighted by Gasteiger charge is -2.26. The number of nitrogens with one attached hydrogen (secondary N) is 1. The van der Waals surface area contributed by atoms with Crippen molar-refractivity contribution in [2.75, 3.05) is 43.0 Å². The first-order chi connectivity index (χ1) is 10.1. The quantitative estimate of drug-likeness (QED) is 0.536. The minimum Gasteiger partial charge on any atom is -0.356 e. The first-order valence-corrected chi connectivity index (χ1v) is 7.86. The van der Waals surface area contributed by atoms with Crippen molar-refractivity contribution in [3.63, 3.8) is 0 Å². The van der Waals surface area contributed by atoms with E-state index in [1.807, 2.05) is 13.8 Å². The molecule has 1 rings (SSSR count). The molecule has 0 saturated heterocycles. The molecule has 6 nitrogen and oxygen atoms in total. The molecule has 120 valence electrons. The zero-order valence-electron chi connectivity index (χ0n) is 14.1. The predicted molar refractivity (Wildman–Crippen MR) is 89.6 cm³/mol. The highest BCUT2D eigenvalue weighted by atomic mass is 15.3. The van der Waals surface area contributed by atoms with Gasteiger partial charge in [0, 0.05) is 18.7 Å². The van der Waals surface area contributed by atoms with Crippen molar-refractivity contribution >= 4 is 11.6 Å². The van der Waals surface area contributed by atoms with E-state index in [9.17, 15) is 0 Å². The molecule has 0 aliphatic carbocycles. The van der Waals surface area contributed by atoms with Crippen molar-refractivity contribution in [2.45, 2.75) is 41.0 Å². The zero-order chi connectivity index (χ0) is 15.8. The van der Waals surface area contributed by atoms with Crippen LogP contribution in [0, 0.1) is 13.8 Å². The minimum atomic E-state index is 0.708. The molecule has 6 heteroatoms. The standard InChI is InChI=1S/C15H30N6/c1-6-20(7-2)10-9-11-21(8-3)15-12(4)14(19-16)17-13(5)18-15/h6-11,16H2,1-5H3,(H,17,18,19). The SMILES string of the molecule is CCN(CC)CCCN(CC)c1nc(C)nc(NN)c1C. The van der Waals surface area contributed by atoms with Crippen LogP contribution < -0.4 is 16.2 Å². The monoisotopic (exact) mass is 294 g/mol. The number of anilines is 2. The molecule has 1 aromatic rings. The van der Waals surface area contributed by atoms with Crippen molar-refractivity contribution in [3.05, 3.63) is 11.4 Å². The van der Waals surface area contributed by atoms with Crippen molar-refractivity contribution in [2.24, 2.45) is 5.84 Å². The molecule has 0 saturated carbocycles. The van der Waals surface area contributed by atoms with E-state index in [0.717, 1.165) is 56.4 Å². The van der Waals surface area contributed by atoms with Gasteiger partial charge >= 0.3 is 0 Å². The van der Waals surface area contributed by atoms with Gasteiger partial charge in [-0.3, -0.25) is 0 Å². The van der Waals surface area contributed by atoms with Gasteiger partial charge in [0.2, 0.25) is 0 Å². The van der Waals surface area contributed by atoms with E-state index < -0.39 is 0 Å². The van der Waals surface area contributed by atoms with Crippen LogP contribution in [0.3, 0.4) is 0 Å². The molecule has 0 aliphatic rings. The summed E-state index contributed by atoms with van der Waals surface area (Å²) in [6.07, 6.45) is 1.13. The first-order valence-electron chi connectivity index (χ1n) is 7.86. The third-order valence-electron chi connectivity index (χ3n) is 3.85. The van der Waals surface area contributed by atoms with E-state index in [-0.39, 0.29) is 0 Å². The molecular formula is C15H30N6. The summed E-state index contributed by atoms with van der Waals surface area (Å²) in [6.45, 7) is 15.7. The van der Waals surface area contributed by atoms with Crippen molar-refractivity contribution < 1.29 is 0 Å². The van der Waals surface area contributed by atoms with Gasteiger partial charge in [-0.1, -0.05) is 13.8 Å². The molecule has 0 fully saturated rings. The van der Waals surface area contributed by atoms with E-state index in [1.165, 1.54) is 0 Å². The van der Waals surface area contributed by atoms with Crippen LogP contribution >= 0.6 is 0 Å². The predicted octanol–water partition coefficient (Wildman–Crippen LogP) is 1.94. The number of rotatable bonds is 9. The van der Waals surface area contributed by atoms with Crippen LogP contribution in [0.15, 0.2) is 0 Å². The van der Waals surface area contributed by atoms with Gasteiger partial charge in [0.05, 0.1) is 0 Å². The van der Waals surface area contributed by atoms with Crippen molar-refractivity contribution in [1.29, 1.82) is 0 Å². The van der Waals surface area contributed by atoms with Gasteiger partial charge in [-0.2, -0.15) is 0 Å². The Morgan fingerprint density at radius 3 is 2.19 bits per heavy atom. The number of nitrogens with zero attached hydrogens (tertiary/aromatic N) is 4. The maximum Gasteiger partial charge on any atom is 0.148 e. The van der Waals surface area contributed by atoms with E-state index in [4.69, 9.17) is 5.84 Å². The number of aryl methyl sites for hydroxylation is 1. The molecule has 3 N–H and O–H groups in total. The summed E-state index contributed by atoms with van der Waals surface area (Å²) in [5, 5.41) is 0. The normalized spacial score (nSPS) is 11.0. The molecule has 1 heterocycles. The molecule has 21 heavy (non-hydrogen) atoms. The number of hydrogen-bond acceptors (Lipinski definition) is 6. The van der Waals surface area contributed by atoms with Crippen LogP contribution in [0.1, 0.15) is 38.6 Å². The maximum absolute atomic E-state index is 5.54. The topological polar surface area (TPSA) is 70.3 Å². The van der Waals surface area contributed by atoms with Crippen LogP contribution in [0.2, 0.25) is 0 Å². The summed E-state index contributed by atoms with van der Waals surface area (Å²) in [4.78, 5) is 13.7. The first kappa shape index (κ1) is 17.7. The second-order valence-electron chi connectivity index (χ2n) is 5.17. The Morgan fingerprint density at radius 1 is 1.00 bits per heavy atom. The Bertz CT molecular complexity index is 430. The Kier molecular flexibility index (Phi) is 7.39. The molecule has 1 aromatic heterocycles. The fraction of sp³-hybridized carbons (Fsp3) is 0.733. The maximum atomic E-state index is 5.54. The number of nitrogen functional groups attached to an aromatic ring is 1. The van der Waals surface area contributed by atoms with Gasteiger partial charge < -0.3 is 15.2 Å². The Morgan fingerprint density at radius 2 is 1.67 bits per heavy atom. The highest BCUT2D eigenvalue weighted by molar-refractivity contribution is 5.58. The smallest absolute Gasteiger partial charge is 0.148 e. The Balaban J connectivity index is 2.78. The summed E-state index contributed by atoms with van der Waals surface area (Å²) in [7, 11) is 0. The number of aromatic nitrogens is 2. The second-order valence-corrected chi connectivity index (χ2v) is 5.17. The Labute approximate surface area is 128 Å². The second kappa shape index (κ2) is 8.79. The average Bonchev–Trinajstić information content (AvgIpc) is 2.50. The molecule has 0 unspecified atom stereocenters. The third-order valence-corrected chi connectivity index (χ3v) is 3.85. The van der Waals surface area contributed by atoms with Gasteiger partial charge in [-0.05, 0) is 46.8 Å². The van der Waals surface area contributed by atoms with Gasteiger partial charge in [0.25, 0.3) is 0 Å². The molecule has 0 aromatic carbocycles. The summed E-state index contributed by atoms with van der Waals surface area (Å²) < 4.78 is 0. The third kappa shape index (κ3) is 4.82.